The molecule has 1 aromatic heterocycles. The van der Waals surface area contributed by atoms with Gasteiger partial charge < -0.3 is 5.32 Å². The van der Waals surface area contributed by atoms with Gasteiger partial charge in [0.25, 0.3) is 0 Å². The molecule has 4 saturated heterocycles. The number of hydrogen-bond acceptors (Lipinski definition) is 5. The summed E-state index contributed by atoms with van der Waals surface area (Å²) in [5, 5.41) is 11.9. The third-order valence-electron chi connectivity index (χ3n) is 8.75. The number of carbonyl (C=O) groups excluding carboxylic acids is 2. The molecule has 2 amide bonds. The minimum Gasteiger partial charge on any atom is -0.317 e. The summed E-state index contributed by atoms with van der Waals surface area (Å²) in [7, 11) is 2.00. The van der Waals surface area contributed by atoms with E-state index >= 15 is 0 Å². The molecule has 4 aliphatic heterocycles. The molecule has 33 heavy (non-hydrogen) atoms. The summed E-state index contributed by atoms with van der Waals surface area (Å²) in [6.45, 7) is 3.63. The van der Waals surface area contributed by atoms with Gasteiger partial charge in [0.15, 0.2) is 0 Å². The van der Waals surface area contributed by atoms with Crippen LogP contribution in [-0.2, 0) is 16.6 Å². The van der Waals surface area contributed by atoms with Crippen molar-refractivity contribution in [2.24, 2.45) is 13.0 Å². The molecule has 4 aliphatic rings. The van der Waals surface area contributed by atoms with Crippen molar-refractivity contribution >= 4 is 22.7 Å². The van der Waals surface area contributed by atoms with Crippen molar-refractivity contribution < 1.29 is 9.59 Å². The second kappa shape index (κ2) is 8.51. The Balaban J connectivity index is 1.26. The van der Waals surface area contributed by atoms with Gasteiger partial charge in [0.2, 0.25) is 11.8 Å². The zero-order valence-electron chi connectivity index (χ0n) is 19.6. The highest BCUT2D eigenvalue weighted by Crippen LogP contribution is 2.45. The SMILES string of the molecule is Cn1nc(C2CCC(=O)NC2=O)c2cccc(C3C[C@H]4CC[C@@H](C3)N4CC3CCNCC3)c21. The van der Waals surface area contributed by atoms with Crippen LogP contribution in [0, 0.1) is 5.92 Å². The monoisotopic (exact) mass is 449 g/mol. The Hall–Kier alpha value is -2.25. The molecule has 176 valence electrons. The van der Waals surface area contributed by atoms with Gasteiger partial charge in [0.05, 0.1) is 17.1 Å². The molecule has 2 aromatic rings. The molecule has 2 bridgehead atoms. The zero-order chi connectivity index (χ0) is 22.5. The summed E-state index contributed by atoms with van der Waals surface area (Å²) in [5.74, 6) is 0.664. The van der Waals surface area contributed by atoms with E-state index in [4.69, 9.17) is 5.10 Å². The minimum atomic E-state index is -0.343. The van der Waals surface area contributed by atoms with Crippen LogP contribution in [-0.4, -0.2) is 58.2 Å². The standard InChI is InChI=1S/C26H35N5O2/c1-30-25-20(3-2-4-21(25)24(29-30)22-7-8-23(32)28-26(22)33)17-13-18-5-6-19(14-17)31(18)15-16-9-11-27-12-10-16/h2-4,16-19,22,27H,5-15H2,1H3,(H,28,32,33)/t17?,18-,19+,22?. The summed E-state index contributed by atoms with van der Waals surface area (Å²) in [5.41, 5.74) is 3.39. The van der Waals surface area contributed by atoms with E-state index in [1.165, 1.54) is 69.2 Å². The van der Waals surface area contributed by atoms with Crippen LogP contribution in [0.4, 0.5) is 0 Å². The van der Waals surface area contributed by atoms with Crippen LogP contribution in [0.2, 0.25) is 0 Å². The molecule has 2 unspecified atom stereocenters. The minimum absolute atomic E-state index is 0.177. The van der Waals surface area contributed by atoms with Gasteiger partial charge in [-0.25, -0.2) is 0 Å². The number of aryl methyl sites for hydroxylation is 1. The van der Waals surface area contributed by atoms with E-state index in [0.717, 1.165) is 17.0 Å². The van der Waals surface area contributed by atoms with Gasteiger partial charge in [-0.3, -0.25) is 24.5 Å². The first-order chi connectivity index (χ1) is 16.1. The maximum Gasteiger partial charge on any atom is 0.235 e. The smallest absolute Gasteiger partial charge is 0.235 e. The number of amides is 2. The summed E-state index contributed by atoms with van der Waals surface area (Å²) in [4.78, 5) is 27.0. The number of hydrogen-bond donors (Lipinski definition) is 2. The fourth-order valence-electron chi connectivity index (χ4n) is 7.12. The molecule has 0 saturated carbocycles. The Morgan fingerprint density at radius 2 is 1.79 bits per heavy atom. The Morgan fingerprint density at radius 1 is 1.03 bits per heavy atom. The van der Waals surface area contributed by atoms with Gasteiger partial charge >= 0.3 is 0 Å². The van der Waals surface area contributed by atoms with Crippen molar-refractivity contribution in [3.63, 3.8) is 0 Å². The van der Waals surface area contributed by atoms with E-state index in [9.17, 15) is 9.59 Å². The van der Waals surface area contributed by atoms with Crippen LogP contribution in [0.5, 0.6) is 0 Å². The molecule has 5 heterocycles. The summed E-state index contributed by atoms with van der Waals surface area (Å²) >= 11 is 0. The molecule has 0 spiro atoms. The van der Waals surface area contributed by atoms with Crippen molar-refractivity contribution in [2.45, 2.75) is 75.3 Å². The lowest BCUT2D eigenvalue weighted by molar-refractivity contribution is -0.134. The molecule has 1 aromatic carbocycles. The van der Waals surface area contributed by atoms with E-state index < -0.39 is 0 Å². The fourth-order valence-corrected chi connectivity index (χ4v) is 7.12. The number of para-hydroxylation sites is 1. The van der Waals surface area contributed by atoms with Crippen molar-refractivity contribution in [1.82, 2.24) is 25.3 Å². The highest BCUT2D eigenvalue weighted by Gasteiger charge is 2.42. The molecular formula is C26H35N5O2. The van der Waals surface area contributed by atoms with Gasteiger partial charge in [-0.15, -0.1) is 0 Å². The quantitative estimate of drug-likeness (QED) is 0.702. The van der Waals surface area contributed by atoms with Crippen LogP contribution in [0.25, 0.3) is 10.9 Å². The maximum absolute atomic E-state index is 12.5. The van der Waals surface area contributed by atoms with Crippen LogP contribution in [0.1, 0.15) is 74.5 Å². The topological polar surface area (TPSA) is 79.3 Å². The van der Waals surface area contributed by atoms with E-state index in [1.807, 2.05) is 11.7 Å². The third-order valence-corrected chi connectivity index (χ3v) is 8.75. The van der Waals surface area contributed by atoms with Crippen molar-refractivity contribution in [2.75, 3.05) is 19.6 Å². The first-order valence-corrected chi connectivity index (χ1v) is 12.8. The molecule has 0 radical (unpaired) electrons. The van der Waals surface area contributed by atoms with Crippen molar-refractivity contribution in [3.05, 3.63) is 29.5 Å². The Kier molecular flexibility index (Phi) is 5.49. The van der Waals surface area contributed by atoms with Crippen LogP contribution in [0.15, 0.2) is 18.2 Å². The van der Waals surface area contributed by atoms with Gasteiger partial charge in [0, 0.05) is 37.5 Å². The van der Waals surface area contributed by atoms with E-state index in [1.54, 1.807) is 0 Å². The lowest BCUT2D eigenvalue weighted by Gasteiger charge is -2.41. The predicted molar refractivity (Wildman–Crippen MR) is 127 cm³/mol. The number of rotatable bonds is 4. The van der Waals surface area contributed by atoms with Crippen LogP contribution >= 0.6 is 0 Å². The first-order valence-electron chi connectivity index (χ1n) is 12.8. The molecular weight excluding hydrogens is 414 g/mol. The summed E-state index contributed by atoms with van der Waals surface area (Å²) in [6, 6.07) is 7.91. The van der Waals surface area contributed by atoms with Crippen LogP contribution in [0.3, 0.4) is 0 Å². The number of nitrogens with one attached hydrogen (secondary N) is 2. The highest BCUT2D eigenvalue weighted by atomic mass is 16.2. The van der Waals surface area contributed by atoms with E-state index in [0.29, 0.717) is 30.8 Å². The van der Waals surface area contributed by atoms with Gasteiger partial charge in [-0.05, 0) is 75.4 Å². The zero-order valence-corrected chi connectivity index (χ0v) is 19.6. The fraction of sp³-hybridized carbons (Fsp3) is 0.654. The van der Waals surface area contributed by atoms with E-state index in [-0.39, 0.29) is 17.7 Å². The first kappa shape index (κ1) is 21.3. The largest absolute Gasteiger partial charge is 0.317 e. The lowest BCUT2D eigenvalue weighted by Crippen LogP contribution is -2.46. The number of benzene rings is 1. The molecule has 0 aliphatic carbocycles. The van der Waals surface area contributed by atoms with Crippen molar-refractivity contribution in [3.8, 4) is 0 Å². The third kappa shape index (κ3) is 3.79. The number of imide groups is 1. The summed E-state index contributed by atoms with van der Waals surface area (Å²) in [6.07, 6.45) is 8.66. The second-order valence-corrected chi connectivity index (χ2v) is 10.7. The van der Waals surface area contributed by atoms with Crippen LogP contribution < -0.4 is 10.6 Å². The number of fused-ring (bicyclic) bond motifs is 3. The maximum atomic E-state index is 12.5. The number of nitrogens with zero attached hydrogens (tertiary/aromatic N) is 3. The van der Waals surface area contributed by atoms with Gasteiger partial charge in [-0.2, -0.15) is 5.10 Å². The molecule has 4 fully saturated rings. The lowest BCUT2D eigenvalue weighted by atomic mass is 9.82. The number of carbonyl (C=O) groups is 2. The molecule has 7 nitrogen and oxygen atoms in total. The molecule has 7 heteroatoms. The Labute approximate surface area is 195 Å². The Bertz CT molecular complexity index is 1060. The molecule has 4 atom stereocenters. The molecule has 2 N–H and O–H groups in total. The number of aromatic nitrogens is 2. The highest BCUT2D eigenvalue weighted by molar-refractivity contribution is 6.02. The summed E-state index contributed by atoms with van der Waals surface area (Å²) < 4.78 is 1.98. The van der Waals surface area contributed by atoms with Gasteiger partial charge in [0.1, 0.15) is 0 Å². The second-order valence-electron chi connectivity index (χ2n) is 10.7. The Morgan fingerprint density at radius 3 is 2.52 bits per heavy atom. The normalized spacial score (nSPS) is 31.3. The average molecular weight is 450 g/mol. The predicted octanol–water partition coefficient (Wildman–Crippen LogP) is 2.80. The van der Waals surface area contributed by atoms with E-state index in [2.05, 4.69) is 33.7 Å². The number of piperidine rings is 3. The average Bonchev–Trinajstić information content (AvgIpc) is 3.25. The molecule has 6 rings (SSSR count). The van der Waals surface area contributed by atoms with Gasteiger partial charge in [-0.1, -0.05) is 18.2 Å². The van der Waals surface area contributed by atoms with Crippen molar-refractivity contribution in [1.29, 1.82) is 0 Å².